The Balaban J connectivity index is 1.31. The summed E-state index contributed by atoms with van der Waals surface area (Å²) >= 11 is 0. The van der Waals surface area contributed by atoms with Crippen LogP contribution in [0.5, 0.6) is 11.5 Å². The Hall–Kier alpha value is -4.26. The summed E-state index contributed by atoms with van der Waals surface area (Å²) in [5, 5.41) is 27.0. The number of ether oxygens (including phenoxy) is 4. The molecule has 328 valence electrons. The van der Waals surface area contributed by atoms with E-state index in [2.05, 4.69) is 36.6 Å². The van der Waals surface area contributed by atoms with Gasteiger partial charge in [-0.25, -0.2) is 0 Å². The van der Waals surface area contributed by atoms with E-state index in [0.717, 1.165) is 104 Å². The van der Waals surface area contributed by atoms with Gasteiger partial charge in [0.25, 0.3) is 5.91 Å². The number of aliphatic hydroxyl groups is 2. The third-order valence-corrected chi connectivity index (χ3v) is 13.4. The fourth-order valence-electron chi connectivity index (χ4n) is 10.4. The van der Waals surface area contributed by atoms with E-state index in [0.29, 0.717) is 51.0 Å². The Morgan fingerprint density at radius 2 is 1.84 bits per heavy atom. The molecule has 11 nitrogen and oxygen atoms in total. The minimum Gasteiger partial charge on any atom is -0.492 e. The maximum absolute atomic E-state index is 15.2. The predicted octanol–water partition coefficient (Wildman–Crippen LogP) is 8.25. The van der Waals surface area contributed by atoms with Crippen LogP contribution in [0.25, 0.3) is 10.8 Å². The maximum atomic E-state index is 15.2. The standard InChI is InChI=1S/C50H65N3O8/c1-3-22-53(49(56)38-19-18-35-13-5-6-14-36(35)31-38)45-34-43(51-61-46-17-9-12-29-58-46)41-32-37(15-7-10-26-54)40(16-8-11-27-55)47-42-33-39(57-30-25-52-23-24-52)20-21-44(42)60-50(45,48(41)47)59-28-4-2/h4-6,13-14,18-21,31-33,37,40,45-48,54-55H,2-3,7-12,15-17,22-30,34H2,1H3. The number of oxime groups is 1. The zero-order valence-electron chi connectivity index (χ0n) is 35.9. The minimum absolute atomic E-state index is 0.0965. The molecule has 3 aromatic carbocycles. The van der Waals surface area contributed by atoms with Crippen molar-refractivity contribution in [3.63, 3.8) is 0 Å². The summed E-state index contributed by atoms with van der Waals surface area (Å²) in [5.41, 5.74) is 3.45. The van der Waals surface area contributed by atoms with Crippen LogP contribution in [0.4, 0.5) is 0 Å². The first-order valence-corrected chi connectivity index (χ1v) is 23.0. The van der Waals surface area contributed by atoms with Gasteiger partial charge < -0.3 is 38.9 Å². The monoisotopic (exact) mass is 835 g/mol. The molecule has 7 atom stereocenters. The van der Waals surface area contributed by atoms with Crippen LogP contribution in [-0.4, -0.2) is 109 Å². The van der Waals surface area contributed by atoms with Gasteiger partial charge >= 0.3 is 0 Å². The van der Waals surface area contributed by atoms with E-state index < -0.39 is 24.0 Å². The number of aliphatic hydroxyl groups excluding tert-OH is 2. The number of benzene rings is 3. The van der Waals surface area contributed by atoms with Gasteiger partial charge in [-0.2, -0.15) is 0 Å². The maximum Gasteiger partial charge on any atom is 0.254 e. The van der Waals surface area contributed by atoms with Gasteiger partial charge in [0.05, 0.1) is 24.8 Å². The average molecular weight is 836 g/mol. The number of fused-ring (bicyclic) bond motifs is 3. The number of amides is 1. The van der Waals surface area contributed by atoms with Crippen molar-refractivity contribution in [2.75, 3.05) is 59.2 Å². The van der Waals surface area contributed by atoms with Crippen molar-refractivity contribution < 1.29 is 38.8 Å². The number of carbonyl (C=O) groups excluding carboxylic acids is 1. The van der Waals surface area contributed by atoms with E-state index in [9.17, 15) is 10.2 Å². The molecule has 2 saturated heterocycles. The van der Waals surface area contributed by atoms with Crippen molar-refractivity contribution in [2.24, 2.45) is 22.9 Å². The van der Waals surface area contributed by atoms with Crippen molar-refractivity contribution in [2.45, 2.75) is 102 Å². The first-order chi connectivity index (χ1) is 30.0. The second-order valence-electron chi connectivity index (χ2n) is 17.4. The molecule has 3 aliphatic heterocycles. The largest absolute Gasteiger partial charge is 0.492 e. The van der Waals surface area contributed by atoms with Gasteiger partial charge in [-0.3, -0.25) is 9.69 Å². The van der Waals surface area contributed by atoms with Crippen molar-refractivity contribution in [1.82, 2.24) is 9.80 Å². The van der Waals surface area contributed by atoms with E-state index in [1.807, 2.05) is 53.4 Å². The summed E-state index contributed by atoms with van der Waals surface area (Å²) in [4.78, 5) is 25.9. The van der Waals surface area contributed by atoms with Gasteiger partial charge in [0.2, 0.25) is 12.1 Å². The Kier molecular flexibility index (Phi) is 14.4. The van der Waals surface area contributed by atoms with Crippen LogP contribution in [0.2, 0.25) is 0 Å². The Morgan fingerprint density at radius 1 is 1.02 bits per heavy atom. The van der Waals surface area contributed by atoms with Crippen LogP contribution >= 0.6 is 0 Å². The molecule has 1 saturated carbocycles. The molecule has 11 heteroatoms. The van der Waals surface area contributed by atoms with E-state index in [1.165, 1.54) is 0 Å². The summed E-state index contributed by atoms with van der Waals surface area (Å²) in [6.45, 7) is 11.5. The highest BCUT2D eigenvalue weighted by molar-refractivity contribution is 6.04. The van der Waals surface area contributed by atoms with Gasteiger partial charge in [-0.1, -0.05) is 67.4 Å². The SMILES string of the molecule is C=CCOC12Oc3ccc(OCCN4CC4)cc3C3C(CCCCO)C(CCCCO)C=C(C(=NOC4CCCCO4)CC1N(CCC)C(=O)c1ccc4ccccc4c1)C32. The second kappa shape index (κ2) is 20.3. The van der Waals surface area contributed by atoms with Crippen LogP contribution in [-0.2, 0) is 14.3 Å². The van der Waals surface area contributed by atoms with Crippen molar-refractivity contribution in [1.29, 1.82) is 0 Å². The second-order valence-corrected chi connectivity index (χ2v) is 17.4. The molecule has 0 radical (unpaired) electrons. The summed E-state index contributed by atoms with van der Waals surface area (Å²) in [7, 11) is 0. The molecule has 5 aliphatic rings. The summed E-state index contributed by atoms with van der Waals surface area (Å²) < 4.78 is 27.1. The third kappa shape index (κ3) is 9.56. The quantitative estimate of drug-likeness (QED) is 0.0473. The fourth-order valence-corrected chi connectivity index (χ4v) is 10.4. The third-order valence-electron chi connectivity index (χ3n) is 13.4. The Morgan fingerprint density at radius 3 is 2.59 bits per heavy atom. The molecule has 8 rings (SSSR count). The lowest BCUT2D eigenvalue weighted by Gasteiger charge is -2.60. The zero-order chi connectivity index (χ0) is 42.2. The number of hydrogen-bond acceptors (Lipinski definition) is 10. The van der Waals surface area contributed by atoms with E-state index in [1.54, 1.807) is 6.08 Å². The van der Waals surface area contributed by atoms with Crippen LogP contribution in [0.1, 0.15) is 99.4 Å². The van der Waals surface area contributed by atoms with Crippen molar-refractivity contribution in [3.05, 3.63) is 96.1 Å². The lowest BCUT2D eigenvalue weighted by atomic mass is 9.55. The van der Waals surface area contributed by atoms with Gasteiger partial charge in [-0.05, 0) is 103 Å². The van der Waals surface area contributed by atoms with E-state index >= 15 is 4.79 Å². The van der Waals surface area contributed by atoms with Gasteiger partial charge in [0.15, 0.2) is 0 Å². The molecule has 7 unspecified atom stereocenters. The predicted molar refractivity (Wildman–Crippen MR) is 237 cm³/mol. The lowest BCUT2D eigenvalue weighted by molar-refractivity contribution is -0.254. The molecule has 61 heavy (non-hydrogen) atoms. The Labute approximate surface area is 361 Å². The number of rotatable bonds is 21. The highest BCUT2D eigenvalue weighted by Crippen LogP contribution is 2.62. The van der Waals surface area contributed by atoms with E-state index in [-0.39, 0.29) is 43.5 Å². The number of nitrogens with zero attached hydrogens (tertiary/aromatic N) is 3. The summed E-state index contributed by atoms with van der Waals surface area (Å²) in [6.07, 6.45) is 12.4. The molecular formula is C50H65N3O8. The van der Waals surface area contributed by atoms with Crippen LogP contribution in [0.15, 0.2) is 90.1 Å². The van der Waals surface area contributed by atoms with Crippen LogP contribution in [0, 0.1) is 17.8 Å². The summed E-state index contributed by atoms with van der Waals surface area (Å²) in [5.74, 6) is -0.164. The Bertz CT molecular complexity index is 2030. The number of allylic oxidation sites excluding steroid dienone is 1. The van der Waals surface area contributed by atoms with Gasteiger partial charge in [0, 0.05) is 69.3 Å². The highest BCUT2D eigenvalue weighted by Gasteiger charge is 2.65. The zero-order valence-corrected chi connectivity index (χ0v) is 35.9. The molecule has 3 aromatic rings. The first kappa shape index (κ1) is 43.4. The molecule has 0 aromatic heterocycles. The van der Waals surface area contributed by atoms with Crippen molar-refractivity contribution >= 4 is 22.4 Å². The highest BCUT2D eigenvalue weighted by atomic mass is 16.8. The normalized spacial score (nSPS) is 27.4. The van der Waals surface area contributed by atoms with Gasteiger partial charge in [-0.15, -0.1) is 6.58 Å². The molecule has 3 heterocycles. The van der Waals surface area contributed by atoms with E-state index in [4.69, 9.17) is 28.9 Å². The molecule has 0 spiro atoms. The molecule has 1 amide bonds. The lowest BCUT2D eigenvalue weighted by Crippen LogP contribution is -2.70. The summed E-state index contributed by atoms with van der Waals surface area (Å²) in [6, 6.07) is 19.6. The smallest absolute Gasteiger partial charge is 0.254 e. The number of unbranched alkanes of at least 4 members (excludes halogenated alkanes) is 2. The molecule has 0 bridgehead atoms. The molecule has 3 fully saturated rings. The van der Waals surface area contributed by atoms with Gasteiger partial charge in [0.1, 0.15) is 24.1 Å². The average Bonchev–Trinajstić information content (AvgIpc) is 4.12. The van der Waals surface area contributed by atoms with Crippen LogP contribution in [0.3, 0.4) is 0 Å². The fraction of sp³-hybridized carbons (Fsp3) is 0.560. The minimum atomic E-state index is -1.33. The first-order valence-electron chi connectivity index (χ1n) is 23.0. The number of hydrogen-bond donors (Lipinski definition) is 2. The number of carbonyl (C=O) groups is 1. The molecule has 2 aliphatic carbocycles. The molecular weight excluding hydrogens is 771 g/mol. The van der Waals surface area contributed by atoms with Crippen molar-refractivity contribution in [3.8, 4) is 11.5 Å². The van der Waals surface area contributed by atoms with Crippen LogP contribution < -0.4 is 9.47 Å². The topological polar surface area (TPSA) is 122 Å². The molecule has 2 N–H and O–H groups in total.